The Labute approximate surface area is 164 Å². The van der Waals surface area contributed by atoms with Crippen LogP contribution in [0.4, 0.5) is 0 Å². The second-order valence-corrected chi connectivity index (χ2v) is 8.18. The summed E-state index contributed by atoms with van der Waals surface area (Å²) in [7, 11) is 0. The number of hydrogen-bond donors (Lipinski definition) is 3. The highest BCUT2D eigenvalue weighted by Crippen LogP contribution is 2.43. The molecule has 0 bridgehead atoms. The largest absolute Gasteiger partial charge is 0.480 e. The monoisotopic (exact) mass is 390 g/mol. The Morgan fingerprint density at radius 1 is 1.22 bits per heavy atom. The number of carbonyl (C=O) groups excluding carboxylic acids is 2. The molecule has 1 aromatic rings. The van der Waals surface area contributed by atoms with Gasteiger partial charge in [0.25, 0.3) is 0 Å². The van der Waals surface area contributed by atoms with Crippen LogP contribution in [0.15, 0.2) is 30.3 Å². The van der Waals surface area contributed by atoms with Crippen LogP contribution in [0.3, 0.4) is 0 Å². The van der Waals surface area contributed by atoms with Gasteiger partial charge in [0.2, 0.25) is 11.8 Å². The van der Waals surface area contributed by atoms with E-state index in [0.29, 0.717) is 12.8 Å². The van der Waals surface area contributed by atoms with Gasteiger partial charge in [-0.2, -0.15) is 12.6 Å². The maximum Gasteiger partial charge on any atom is 0.323 e. The molecule has 2 fully saturated rings. The lowest BCUT2D eigenvalue weighted by molar-refractivity contribution is -0.153. The van der Waals surface area contributed by atoms with Crippen molar-refractivity contribution in [1.29, 1.82) is 0 Å². The summed E-state index contributed by atoms with van der Waals surface area (Å²) >= 11 is 4.40. The third-order valence-electron chi connectivity index (χ3n) is 5.74. The highest BCUT2D eigenvalue weighted by Gasteiger charge is 2.48. The summed E-state index contributed by atoms with van der Waals surface area (Å²) in [5.41, 5.74) is 0.667. The van der Waals surface area contributed by atoms with Gasteiger partial charge in [0.15, 0.2) is 0 Å². The van der Waals surface area contributed by atoms with Crippen LogP contribution in [0.25, 0.3) is 0 Å². The molecule has 2 aliphatic rings. The maximum absolute atomic E-state index is 13.0. The molecule has 27 heavy (non-hydrogen) atoms. The summed E-state index contributed by atoms with van der Waals surface area (Å²) in [5, 5.41) is 11.5. The average molecular weight is 391 g/mol. The van der Waals surface area contributed by atoms with E-state index in [1.165, 1.54) is 4.90 Å². The Kier molecular flexibility index (Phi) is 6.09. The summed E-state index contributed by atoms with van der Waals surface area (Å²) in [6.07, 6.45) is 5.30. The van der Waals surface area contributed by atoms with Crippen LogP contribution in [0, 0.1) is 0 Å². The zero-order valence-electron chi connectivity index (χ0n) is 15.3. The quantitative estimate of drug-likeness (QED) is 0.649. The Morgan fingerprint density at radius 3 is 2.48 bits per heavy atom. The molecule has 2 unspecified atom stereocenters. The highest BCUT2D eigenvalue weighted by atomic mass is 32.1. The molecule has 1 aromatic carbocycles. The molecular weight excluding hydrogens is 364 g/mol. The molecule has 1 saturated heterocycles. The van der Waals surface area contributed by atoms with Crippen molar-refractivity contribution in [2.75, 3.05) is 6.54 Å². The summed E-state index contributed by atoms with van der Waals surface area (Å²) < 4.78 is 0. The Bertz CT molecular complexity index is 705. The molecule has 1 aliphatic carbocycles. The number of benzene rings is 1. The van der Waals surface area contributed by atoms with E-state index < -0.39 is 17.3 Å². The fraction of sp³-hybridized carbons (Fsp3) is 0.550. The first kappa shape index (κ1) is 19.7. The lowest BCUT2D eigenvalue weighted by Crippen LogP contribution is -2.60. The van der Waals surface area contributed by atoms with E-state index in [1.807, 2.05) is 30.3 Å². The summed E-state index contributed by atoms with van der Waals surface area (Å²) in [4.78, 5) is 38.4. The van der Waals surface area contributed by atoms with Gasteiger partial charge < -0.3 is 15.3 Å². The summed E-state index contributed by atoms with van der Waals surface area (Å²) in [6, 6.07) is 8.91. The number of thiol groups is 1. The normalized spacial score (nSPS) is 22.6. The number of aliphatic carboxylic acids is 1. The number of carboxylic acids is 1. The Balaban J connectivity index is 1.67. The first-order valence-corrected chi connectivity index (χ1v) is 9.98. The number of likely N-dealkylation sites (tertiary alicyclic amines) is 1. The zero-order chi connectivity index (χ0) is 19.4. The molecule has 1 heterocycles. The smallest absolute Gasteiger partial charge is 0.323 e. The first-order chi connectivity index (χ1) is 12.9. The molecule has 2 atom stereocenters. The first-order valence-electron chi connectivity index (χ1n) is 9.47. The molecule has 2 N–H and O–H groups in total. The predicted octanol–water partition coefficient (Wildman–Crippen LogP) is 2.03. The van der Waals surface area contributed by atoms with Crippen molar-refractivity contribution < 1.29 is 19.5 Å². The van der Waals surface area contributed by atoms with Gasteiger partial charge in [0.05, 0.1) is 5.25 Å². The highest BCUT2D eigenvalue weighted by molar-refractivity contribution is 7.81. The second kappa shape index (κ2) is 8.33. The van der Waals surface area contributed by atoms with E-state index in [9.17, 15) is 19.5 Å². The van der Waals surface area contributed by atoms with Gasteiger partial charge in [-0.1, -0.05) is 30.3 Å². The summed E-state index contributed by atoms with van der Waals surface area (Å²) in [6.45, 7) is -0.306. The number of hydrogen-bond acceptors (Lipinski definition) is 4. The number of carbonyl (C=O) groups is 3. The fourth-order valence-electron chi connectivity index (χ4n) is 4.13. The second-order valence-electron chi connectivity index (χ2n) is 7.55. The lowest BCUT2D eigenvalue weighted by atomic mass is 9.72. The number of carboxylic acid groups (broad SMARTS) is 1. The van der Waals surface area contributed by atoms with Crippen molar-refractivity contribution >= 4 is 30.4 Å². The van der Waals surface area contributed by atoms with Crippen LogP contribution in [-0.4, -0.2) is 51.2 Å². The van der Waals surface area contributed by atoms with Gasteiger partial charge >= 0.3 is 5.97 Å². The molecule has 6 nitrogen and oxygen atoms in total. The van der Waals surface area contributed by atoms with Crippen LogP contribution in [0.5, 0.6) is 0 Å². The van der Waals surface area contributed by atoms with E-state index in [0.717, 1.165) is 37.7 Å². The van der Waals surface area contributed by atoms with Crippen LogP contribution < -0.4 is 5.32 Å². The molecule has 3 rings (SSSR count). The van der Waals surface area contributed by atoms with Gasteiger partial charge in [0.1, 0.15) is 12.6 Å². The Morgan fingerprint density at radius 2 is 1.89 bits per heavy atom. The van der Waals surface area contributed by atoms with Crippen molar-refractivity contribution in [2.24, 2.45) is 0 Å². The number of nitrogens with zero attached hydrogens (tertiary/aromatic N) is 1. The Hall–Kier alpha value is -2.02. The van der Waals surface area contributed by atoms with Crippen LogP contribution >= 0.6 is 12.6 Å². The zero-order valence-corrected chi connectivity index (χ0v) is 16.2. The maximum atomic E-state index is 13.0. The predicted molar refractivity (Wildman–Crippen MR) is 105 cm³/mol. The van der Waals surface area contributed by atoms with Gasteiger partial charge in [-0.25, -0.2) is 0 Å². The third-order valence-corrected chi connectivity index (χ3v) is 6.16. The number of nitrogens with one attached hydrogen (secondary N) is 1. The summed E-state index contributed by atoms with van der Waals surface area (Å²) in [5.74, 6) is -1.58. The minimum Gasteiger partial charge on any atom is -0.480 e. The van der Waals surface area contributed by atoms with Gasteiger partial charge in [-0.15, -0.1) is 0 Å². The molecule has 2 amide bonds. The van der Waals surface area contributed by atoms with Crippen molar-refractivity contribution in [1.82, 2.24) is 10.2 Å². The molecular formula is C20H26N2O4S. The number of amides is 2. The molecule has 0 aromatic heterocycles. The third kappa shape index (κ3) is 4.46. The van der Waals surface area contributed by atoms with Crippen molar-refractivity contribution in [3.8, 4) is 0 Å². The van der Waals surface area contributed by atoms with Crippen molar-refractivity contribution in [3.63, 3.8) is 0 Å². The molecule has 146 valence electrons. The van der Waals surface area contributed by atoms with Gasteiger partial charge in [-0.3, -0.25) is 14.4 Å². The molecule has 0 radical (unpaired) electrons. The molecule has 1 saturated carbocycles. The van der Waals surface area contributed by atoms with Gasteiger partial charge in [-0.05, 0) is 50.5 Å². The lowest BCUT2D eigenvalue weighted by Gasteiger charge is -2.49. The van der Waals surface area contributed by atoms with Crippen molar-refractivity contribution in [2.45, 2.75) is 61.8 Å². The van der Waals surface area contributed by atoms with Gasteiger partial charge in [0, 0.05) is 5.54 Å². The minimum atomic E-state index is -1.02. The van der Waals surface area contributed by atoms with E-state index in [2.05, 4.69) is 17.9 Å². The van der Waals surface area contributed by atoms with E-state index >= 15 is 0 Å². The molecule has 1 aliphatic heterocycles. The van der Waals surface area contributed by atoms with E-state index in [1.54, 1.807) is 0 Å². The minimum absolute atomic E-state index is 0.275. The SMILES string of the molecule is O=C(O)CN1C(=O)C(NC(=O)C(S)Cc2ccccc2)CCCC12CCC2. The van der Waals surface area contributed by atoms with Crippen LogP contribution in [-0.2, 0) is 20.8 Å². The van der Waals surface area contributed by atoms with Crippen molar-refractivity contribution in [3.05, 3.63) is 35.9 Å². The number of rotatable bonds is 6. The molecule has 7 heteroatoms. The van der Waals surface area contributed by atoms with Crippen LogP contribution in [0.1, 0.15) is 44.1 Å². The molecule has 1 spiro atoms. The van der Waals surface area contributed by atoms with E-state index in [4.69, 9.17) is 0 Å². The van der Waals surface area contributed by atoms with E-state index in [-0.39, 0.29) is 23.9 Å². The van der Waals surface area contributed by atoms with Crippen LogP contribution in [0.2, 0.25) is 0 Å². The topological polar surface area (TPSA) is 86.7 Å². The average Bonchev–Trinajstić information content (AvgIpc) is 2.73. The fourth-order valence-corrected chi connectivity index (χ4v) is 4.42. The standard InChI is InChI=1S/C20H26N2O4S/c23-17(24)13-22-19(26)15(8-4-9-20(22)10-5-11-20)21-18(25)16(27)12-14-6-2-1-3-7-14/h1-3,6-7,15-16,27H,4-5,8-13H2,(H,21,25)(H,23,24).